The highest BCUT2D eigenvalue weighted by Crippen LogP contribution is 2.55. The normalized spacial score (nSPS) is 28.9. The number of piperidine rings is 1. The third kappa shape index (κ3) is 5.21. The molecule has 1 aromatic carbocycles. The molecule has 2 N–H and O–H groups in total. The molecule has 6 aliphatic rings. The number of carbonyl (C=O) groups excluding carboxylic acids is 1. The van der Waals surface area contributed by atoms with Crippen LogP contribution in [0.1, 0.15) is 56.9 Å². The van der Waals surface area contributed by atoms with Gasteiger partial charge in [0, 0.05) is 53.9 Å². The molecule has 3 aromatic heterocycles. The molecule has 4 aromatic rings. The Kier molecular flexibility index (Phi) is 7.35. The minimum atomic E-state index is -0.582. The molecule has 5 atom stereocenters. The summed E-state index contributed by atoms with van der Waals surface area (Å²) < 4.78 is 34.9. The average Bonchev–Trinajstić information content (AvgIpc) is 3.46. The van der Waals surface area contributed by atoms with Gasteiger partial charge in [0.05, 0.1) is 42.5 Å². The lowest BCUT2D eigenvalue weighted by Gasteiger charge is -2.41. The van der Waals surface area contributed by atoms with Crippen LogP contribution in [0.15, 0.2) is 18.5 Å². The van der Waals surface area contributed by atoms with Crippen LogP contribution in [0.5, 0.6) is 6.01 Å². The van der Waals surface area contributed by atoms with E-state index in [1.165, 1.54) is 0 Å². The molecule has 48 heavy (non-hydrogen) atoms. The third-order valence-corrected chi connectivity index (χ3v) is 11.3. The lowest BCUT2D eigenvalue weighted by Crippen LogP contribution is -2.57. The van der Waals surface area contributed by atoms with Crippen molar-refractivity contribution in [3.05, 3.63) is 34.9 Å². The fourth-order valence-electron chi connectivity index (χ4n) is 8.52. The number of aromatic nitrogens is 5. The lowest BCUT2D eigenvalue weighted by atomic mass is 9.91. The number of anilines is 1. The van der Waals surface area contributed by atoms with E-state index in [0.29, 0.717) is 66.1 Å². The maximum Gasteiger partial charge on any atom is 0.407 e. The first-order valence-corrected chi connectivity index (χ1v) is 17.4. The van der Waals surface area contributed by atoms with Crippen LogP contribution >= 0.6 is 11.6 Å². The maximum atomic E-state index is 17.2. The molecule has 8 heterocycles. The third-order valence-electron chi connectivity index (χ3n) is 11.0. The smallest absolute Gasteiger partial charge is 0.407 e. The number of hydrogen-bond donors (Lipinski definition) is 2. The van der Waals surface area contributed by atoms with Crippen molar-refractivity contribution < 1.29 is 23.4 Å². The Morgan fingerprint density at radius 3 is 3.00 bits per heavy atom. The van der Waals surface area contributed by atoms with Gasteiger partial charge in [0.2, 0.25) is 0 Å². The van der Waals surface area contributed by atoms with E-state index in [-0.39, 0.29) is 41.7 Å². The van der Waals surface area contributed by atoms with Gasteiger partial charge < -0.3 is 24.4 Å². The van der Waals surface area contributed by atoms with Crippen molar-refractivity contribution >= 4 is 45.3 Å². The summed E-state index contributed by atoms with van der Waals surface area (Å²) in [5.41, 5.74) is 1.85. The number of fused-ring (bicyclic) bond motifs is 7. The first-order valence-electron chi connectivity index (χ1n) is 17.0. The topological polar surface area (TPSA) is 131 Å². The molecule has 0 radical (unpaired) electrons. The van der Waals surface area contributed by atoms with Gasteiger partial charge in [0.25, 0.3) is 0 Å². The fourth-order valence-corrected chi connectivity index (χ4v) is 8.86. The number of aromatic amines is 1. The van der Waals surface area contributed by atoms with E-state index in [0.717, 1.165) is 56.2 Å². The summed E-state index contributed by atoms with van der Waals surface area (Å²) in [6.45, 7) is 6.11. The molecule has 0 unspecified atom stereocenters. The highest BCUT2D eigenvalue weighted by atomic mass is 35.5. The molecule has 0 spiro atoms. The SMILES string of the molecule is C[C@@]12CCCN(C1)c1nc(OC[C@H]3CC[C@@H]4COCCN43)nc3c(F)c(ncc13)-c1c(c(Cl)cc3[nH]ncc13)[C@H]1C[C@H]1CCOC(=O)N2. The molecule has 14 heteroatoms. The van der Waals surface area contributed by atoms with Crippen molar-refractivity contribution in [3.63, 3.8) is 0 Å². The largest absolute Gasteiger partial charge is 0.462 e. The standard InChI is InChI=1S/C34H38ClFN8O4/c1-34-6-2-7-43(17-34)31-23-13-37-30(28(36)29(23)39-32(40-31)48-16-20-4-3-19-15-46-10-8-44(19)20)27-22-14-38-42-25(22)12-24(35)26(27)21-11-18(21)5-9-47-33(45)41-34/h12-14,18-21H,2-11,15-17H2,1H3,(H,38,42)(H,41,45)/t18-,19-,20-,21+,34-/m1/s1. The number of benzene rings is 1. The molecule has 1 saturated carbocycles. The van der Waals surface area contributed by atoms with Gasteiger partial charge >= 0.3 is 12.1 Å². The number of carbonyl (C=O) groups is 1. The van der Waals surface area contributed by atoms with Crippen molar-refractivity contribution in [1.82, 2.24) is 35.4 Å². The van der Waals surface area contributed by atoms with Crippen LogP contribution in [0.2, 0.25) is 5.02 Å². The van der Waals surface area contributed by atoms with Gasteiger partial charge in [-0.25, -0.2) is 9.18 Å². The number of amides is 1. The number of nitrogens with one attached hydrogen (secondary N) is 2. The predicted molar refractivity (Wildman–Crippen MR) is 177 cm³/mol. The molecular weight excluding hydrogens is 639 g/mol. The number of nitrogens with zero attached hydrogens (tertiary/aromatic N) is 6. The first kappa shape index (κ1) is 30.3. The van der Waals surface area contributed by atoms with E-state index in [1.807, 2.05) is 13.0 Å². The lowest BCUT2D eigenvalue weighted by molar-refractivity contribution is -0.0101. The molecule has 12 nitrogen and oxygen atoms in total. The summed E-state index contributed by atoms with van der Waals surface area (Å²) in [6.07, 6.45) is 8.04. The Bertz CT molecular complexity index is 1930. The predicted octanol–water partition coefficient (Wildman–Crippen LogP) is 5.19. The van der Waals surface area contributed by atoms with E-state index in [2.05, 4.69) is 25.3 Å². The van der Waals surface area contributed by atoms with Gasteiger partial charge in [-0.3, -0.25) is 15.0 Å². The summed E-state index contributed by atoms with van der Waals surface area (Å²) >= 11 is 6.94. The zero-order chi connectivity index (χ0) is 32.6. The second-order valence-corrected chi connectivity index (χ2v) is 14.6. The second kappa shape index (κ2) is 11.7. The fraction of sp³-hybridized carbons (Fsp3) is 0.559. The number of ether oxygens (including phenoxy) is 3. The van der Waals surface area contributed by atoms with Gasteiger partial charge in [-0.05, 0) is 68.9 Å². The summed E-state index contributed by atoms with van der Waals surface area (Å²) in [7, 11) is 0. The van der Waals surface area contributed by atoms with Crippen LogP contribution in [0.25, 0.3) is 33.1 Å². The van der Waals surface area contributed by atoms with Crippen molar-refractivity contribution in [3.8, 4) is 17.3 Å². The Hall–Kier alpha value is -3.81. The highest BCUT2D eigenvalue weighted by Gasteiger charge is 2.43. The number of H-pyrrole nitrogens is 1. The molecule has 1 aliphatic carbocycles. The molecule has 4 fully saturated rings. The minimum Gasteiger partial charge on any atom is -0.462 e. The highest BCUT2D eigenvalue weighted by molar-refractivity contribution is 6.33. The van der Waals surface area contributed by atoms with Crippen molar-refractivity contribution in [1.29, 1.82) is 0 Å². The zero-order valence-electron chi connectivity index (χ0n) is 26.8. The van der Waals surface area contributed by atoms with Crippen LogP contribution in [-0.2, 0) is 9.47 Å². The summed E-state index contributed by atoms with van der Waals surface area (Å²) in [5.74, 6) is 0.258. The van der Waals surface area contributed by atoms with Crippen LogP contribution in [0.3, 0.4) is 0 Å². The van der Waals surface area contributed by atoms with Crippen LogP contribution in [0.4, 0.5) is 15.0 Å². The Morgan fingerprint density at radius 2 is 2.08 bits per heavy atom. The number of rotatable bonds is 3. The van der Waals surface area contributed by atoms with E-state index < -0.39 is 17.4 Å². The Morgan fingerprint density at radius 1 is 1.17 bits per heavy atom. The zero-order valence-corrected chi connectivity index (χ0v) is 27.6. The van der Waals surface area contributed by atoms with Gasteiger partial charge in [0.15, 0.2) is 5.82 Å². The van der Waals surface area contributed by atoms with E-state index in [1.54, 1.807) is 12.4 Å². The van der Waals surface area contributed by atoms with Crippen LogP contribution < -0.4 is 15.0 Å². The number of morpholine rings is 1. The first-order chi connectivity index (χ1) is 23.3. The van der Waals surface area contributed by atoms with Gasteiger partial charge in [-0.15, -0.1) is 0 Å². The molecule has 10 rings (SSSR count). The molecule has 3 saturated heterocycles. The Labute approximate surface area is 281 Å². The molecular formula is C34H38ClFN8O4. The van der Waals surface area contributed by atoms with Crippen LogP contribution in [-0.4, -0.2) is 99.8 Å². The monoisotopic (exact) mass is 676 g/mol. The van der Waals surface area contributed by atoms with E-state index >= 15 is 4.39 Å². The second-order valence-electron chi connectivity index (χ2n) is 14.2. The number of pyridine rings is 1. The number of halogens is 2. The molecule has 6 bridgehead atoms. The number of hydrogen-bond acceptors (Lipinski definition) is 10. The van der Waals surface area contributed by atoms with Crippen molar-refractivity contribution in [2.24, 2.45) is 5.92 Å². The number of alkyl carbamates (subject to hydrolysis) is 1. The van der Waals surface area contributed by atoms with Gasteiger partial charge in [-0.2, -0.15) is 15.1 Å². The van der Waals surface area contributed by atoms with E-state index in [9.17, 15) is 4.79 Å². The summed E-state index contributed by atoms with van der Waals surface area (Å²) in [4.78, 5) is 31.9. The van der Waals surface area contributed by atoms with E-state index in [4.69, 9.17) is 40.8 Å². The maximum absolute atomic E-state index is 17.2. The van der Waals surface area contributed by atoms with Gasteiger partial charge in [0.1, 0.15) is 23.6 Å². The molecule has 5 aliphatic heterocycles. The van der Waals surface area contributed by atoms with Crippen LogP contribution in [0, 0.1) is 11.7 Å². The average molecular weight is 677 g/mol. The van der Waals surface area contributed by atoms with Gasteiger partial charge in [-0.1, -0.05) is 11.6 Å². The Balaban J connectivity index is 1.19. The summed E-state index contributed by atoms with van der Waals surface area (Å²) in [6, 6.07) is 2.55. The molecule has 252 valence electrons. The quantitative estimate of drug-likeness (QED) is 0.299. The van der Waals surface area contributed by atoms with Crippen molar-refractivity contribution in [2.45, 2.75) is 69.0 Å². The molecule has 1 amide bonds. The van der Waals surface area contributed by atoms with Crippen molar-refractivity contribution in [2.75, 3.05) is 51.0 Å². The summed E-state index contributed by atoms with van der Waals surface area (Å²) in [5, 5.41) is 12.1. The minimum absolute atomic E-state index is 0.0594.